The van der Waals surface area contributed by atoms with Gasteiger partial charge in [0.25, 0.3) is 0 Å². The number of amides is 1. The van der Waals surface area contributed by atoms with Crippen LogP contribution in [0.15, 0.2) is 53.7 Å². The zero-order chi connectivity index (χ0) is 19.4. The molecule has 7 nitrogen and oxygen atoms in total. The molecule has 0 bridgehead atoms. The minimum absolute atomic E-state index is 0.0842. The van der Waals surface area contributed by atoms with Gasteiger partial charge < -0.3 is 15.2 Å². The maximum absolute atomic E-state index is 11.8. The van der Waals surface area contributed by atoms with Crippen molar-refractivity contribution < 1.29 is 19.1 Å². The Bertz CT molecular complexity index is 902. The topological polar surface area (TPSA) is 95.2 Å². The molecule has 1 heterocycles. The number of ether oxygens (including phenoxy) is 2. The van der Waals surface area contributed by atoms with Crippen LogP contribution in [0.2, 0.25) is 0 Å². The summed E-state index contributed by atoms with van der Waals surface area (Å²) in [6, 6.07) is 12.2. The summed E-state index contributed by atoms with van der Waals surface area (Å²) < 4.78 is 10.9. The number of methoxy groups -OCH3 is 1. The van der Waals surface area contributed by atoms with Gasteiger partial charge in [0.1, 0.15) is 17.1 Å². The number of anilines is 1. The largest absolute Gasteiger partial charge is 0.497 e. The van der Waals surface area contributed by atoms with Gasteiger partial charge in [0.05, 0.1) is 7.11 Å². The SMILES string of the molecule is COc1ccc(NC(=O)O/N=C(\N)c2ccc3c(c2)C=CC(C)(C)O3)cc1. The van der Waals surface area contributed by atoms with E-state index in [0.29, 0.717) is 17.0 Å². The van der Waals surface area contributed by atoms with Gasteiger partial charge in [-0.05, 0) is 62.4 Å². The zero-order valence-corrected chi connectivity index (χ0v) is 15.4. The first-order valence-electron chi connectivity index (χ1n) is 8.34. The molecule has 1 aliphatic heterocycles. The summed E-state index contributed by atoms with van der Waals surface area (Å²) in [5.74, 6) is 1.53. The normalized spacial score (nSPS) is 14.7. The van der Waals surface area contributed by atoms with Gasteiger partial charge in [0, 0.05) is 16.8 Å². The van der Waals surface area contributed by atoms with E-state index in [4.69, 9.17) is 20.0 Å². The highest BCUT2D eigenvalue weighted by atomic mass is 16.7. The van der Waals surface area contributed by atoms with Crippen molar-refractivity contribution in [1.82, 2.24) is 0 Å². The Labute approximate surface area is 157 Å². The van der Waals surface area contributed by atoms with Crippen molar-refractivity contribution in [2.75, 3.05) is 12.4 Å². The number of nitrogens with one attached hydrogen (secondary N) is 1. The molecular weight excluding hydrogens is 346 g/mol. The molecule has 0 unspecified atom stereocenters. The average molecular weight is 367 g/mol. The lowest BCUT2D eigenvalue weighted by molar-refractivity contribution is 0.159. The molecule has 0 fully saturated rings. The van der Waals surface area contributed by atoms with Gasteiger partial charge in [0.15, 0.2) is 5.84 Å². The van der Waals surface area contributed by atoms with Crippen LogP contribution >= 0.6 is 0 Å². The van der Waals surface area contributed by atoms with E-state index in [1.54, 1.807) is 37.4 Å². The van der Waals surface area contributed by atoms with Crippen LogP contribution in [0.4, 0.5) is 10.5 Å². The molecule has 7 heteroatoms. The van der Waals surface area contributed by atoms with Gasteiger partial charge in [-0.1, -0.05) is 11.2 Å². The van der Waals surface area contributed by atoms with Gasteiger partial charge in [-0.15, -0.1) is 0 Å². The van der Waals surface area contributed by atoms with Crippen LogP contribution < -0.4 is 20.5 Å². The van der Waals surface area contributed by atoms with Crippen LogP contribution in [0.5, 0.6) is 11.5 Å². The number of amidine groups is 1. The maximum atomic E-state index is 11.8. The first kappa shape index (κ1) is 18.3. The molecule has 1 amide bonds. The molecule has 3 N–H and O–H groups in total. The van der Waals surface area contributed by atoms with E-state index < -0.39 is 6.09 Å². The molecule has 0 radical (unpaired) electrons. The highest BCUT2D eigenvalue weighted by molar-refractivity contribution is 5.98. The van der Waals surface area contributed by atoms with Crippen molar-refractivity contribution in [3.63, 3.8) is 0 Å². The fourth-order valence-corrected chi connectivity index (χ4v) is 2.50. The fraction of sp³-hybridized carbons (Fsp3) is 0.200. The van der Waals surface area contributed by atoms with Crippen molar-refractivity contribution in [3.05, 3.63) is 59.7 Å². The van der Waals surface area contributed by atoms with Crippen LogP contribution in [-0.2, 0) is 4.84 Å². The predicted molar refractivity (Wildman–Crippen MR) is 104 cm³/mol. The Morgan fingerprint density at radius 2 is 1.93 bits per heavy atom. The number of hydrogen-bond acceptors (Lipinski definition) is 5. The number of fused-ring (bicyclic) bond motifs is 1. The Morgan fingerprint density at radius 1 is 1.19 bits per heavy atom. The van der Waals surface area contributed by atoms with Crippen LogP contribution in [0, 0.1) is 0 Å². The lowest BCUT2D eigenvalue weighted by Gasteiger charge is -2.27. The summed E-state index contributed by atoms with van der Waals surface area (Å²) in [5.41, 5.74) is 7.63. The van der Waals surface area contributed by atoms with Crippen LogP contribution in [-0.4, -0.2) is 24.6 Å². The number of nitrogens with two attached hydrogens (primary N) is 1. The van der Waals surface area contributed by atoms with Gasteiger partial charge >= 0.3 is 6.09 Å². The molecule has 2 aromatic carbocycles. The van der Waals surface area contributed by atoms with Crippen LogP contribution in [0.1, 0.15) is 25.0 Å². The molecule has 0 atom stereocenters. The van der Waals surface area contributed by atoms with E-state index in [1.807, 2.05) is 38.1 Å². The summed E-state index contributed by atoms with van der Waals surface area (Å²) in [4.78, 5) is 16.7. The molecule has 3 rings (SSSR count). The van der Waals surface area contributed by atoms with Crippen molar-refractivity contribution >= 4 is 23.7 Å². The first-order valence-corrected chi connectivity index (χ1v) is 8.34. The molecule has 1 aliphatic rings. The molecule has 0 saturated heterocycles. The fourth-order valence-electron chi connectivity index (χ4n) is 2.50. The maximum Gasteiger partial charge on any atom is 0.437 e. The predicted octanol–water partition coefficient (Wildman–Crippen LogP) is 3.75. The van der Waals surface area contributed by atoms with Crippen molar-refractivity contribution in [1.29, 1.82) is 0 Å². The summed E-state index contributed by atoms with van der Waals surface area (Å²) in [5, 5.41) is 6.24. The smallest absolute Gasteiger partial charge is 0.437 e. The molecule has 0 saturated carbocycles. The monoisotopic (exact) mass is 367 g/mol. The van der Waals surface area contributed by atoms with Crippen molar-refractivity contribution in [2.45, 2.75) is 19.4 Å². The number of rotatable bonds is 4. The van der Waals surface area contributed by atoms with Crippen LogP contribution in [0.25, 0.3) is 6.08 Å². The third-order valence-corrected chi connectivity index (χ3v) is 3.91. The molecule has 2 aromatic rings. The number of hydrogen-bond donors (Lipinski definition) is 2. The third-order valence-electron chi connectivity index (χ3n) is 3.91. The summed E-state index contributed by atoms with van der Waals surface area (Å²) in [6.07, 6.45) is 3.18. The molecule has 0 spiro atoms. The van der Waals surface area contributed by atoms with Gasteiger partial charge in [0.2, 0.25) is 0 Å². The standard InChI is InChI=1S/C20H21N3O4/c1-20(2)11-10-13-12-14(4-9-17(13)26-20)18(21)23-27-19(24)22-15-5-7-16(25-3)8-6-15/h4-12H,1-3H3,(H2,21,23)(H,22,24). The van der Waals surface area contributed by atoms with E-state index >= 15 is 0 Å². The average Bonchev–Trinajstić information content (AvgIpc) is 2.65. The summed E-state index contributed by atoms with van der Waals surface area (Å²) >= 11 is 0. The van der Waals surface area contributed by atoms with Crippen molar-refractivity contribution in [2.24, 2.45) is 10.9 Å². The molecule has 0 aromatic heterocycles. The lowest BCUT2D eigenvalue weighted by Crippen LogP contribution is -2.27. The second-order valence-electron chi connectivity index (χ2n) is 6.50. The van der Waals surface area contributed by atoms with E-state index in [2.05, 4.69) is 10.5 Å². The Hall–Kier alpha value is -3.48. The summed E-state index contributed by atoms with van der Waals surface area (Å²) in [7, 11) is 1.57. The number of nitrogens with zero attached hydrogens (tertiary/aromatic N) is 1. The highest BCUT2D eigenvalue weighted by Crippen LogP contribution is 2.31. The zero-order valence-electron chi connectivity index (χ0n) is 15.4. The summed E-state index contributed by atoms with van der Waals surface area (Å²) in [6.45, 7) is 3.96. The quantitative estimate of drug-likeness (QED) is 0.371. The first-order chi connectivity index (χ1) is 12.9. The minimum Gasteiger partial charge on any atom is -0.497 e. The molecule has 140 valence electrons. The Morgan fingerprint density at radius 3 is 2.63 bits per heavy atom. The minimum atomic E-state index is -0.744. The second kappa shape index (κ2) is 7.41. The number of oxime groups is 1. The van der Waals surface area contributed by atoms with E-state index in [9.17, 15) is 4.79 Å². The van der Waals surface area contributed by atoms with E-state index in [1.165, 1.54) is 0 Å². The number of benzene rings is 2. The van der Waals surface area contributed by atoms with Gasteiger partial charge in [-0.3, -0.25) is 10.2 Å². The second-order valence-corrected chi connectivity index (χ2v) is 6.50. The Kier molecular flexibility index (Phi) is 5.03. The van der Waals surface area contributed by atoms with Gasteiger partial charge in [-0.25, -0.2) is 4.79 Å². The number of carbonyl (C=O) groups is 1. The Balaban J connectivity index is 1.64. The highest BCUT2D eigenvalue weighted by Gasteiger charge is 2.21. The number of carbonyl (C=O) groups excluding carboxylic acids is 1. The van der Waals surface area contributed by atoms with Crippen molar-refractivity contribution in [3.8, 4) is 11.5 Å². The molecule has 27 heavy (non-hydrogen) atoms. The van der Waals surface area contributed by atoms with E-state index in [0.717, 1.165) is 11.3 Å². The van der Waals surface area contributed by atoms with E-state index in [-0.39, 0.29) is 11.4 Å². The molecule has 0 aliphatic carbocycles. The molecular formula is C20H21N3O4. The third kappa shape index (κ3) is 4.58. The van der Waals surface area contributed by atoms with Gasteiger partial charge in [-0.2, -0.15) is 0 Å². The lowest BCUT2D eigenvalue weighted by atomic mass is 10.0. The van der Waals surface area contributed by atoms with Crippen LogP contribution in [0.3, 0.4) is 0 Å².